The minimum atomic E-state index is -0.218. The second kappa shape index (κ2) is 3.73. The van der Waals surface area contributed by atoms with Gasteiger partial charge in [0.1, 0.15) is 6.29 Å². The van der Waals surface area contributed by atoms with Crippen molar-refractivity contribution in [3.05, 3.63) is 18.0 Å². The highest BCUT2D eigenvalue weighted by Crippen LogP contribution is 2.19. The van der Waals surface area contributed by atoms with Crippen molar-refractivity contribution >= 4 is 6.29 Å². The Morgan fingerprint density at radius 1 is 1.62 bits per heavy atom. The van der Waals surface area contributed by atoms with E-state index in [1.54, 1.807) is 6.20 Å². The summed E-state index contributed by atoms with van der Waals surface area (Å²) in [6, 6.07) is 1.99. The number of rotatable bonds is 4. The average Bonchev–Trinajstić information content (AvgIpc) is 2.48. The molecule has 0 N–H and O–H groups in total. The van der Waals surface area contributed by atoms with E-state index in [1.807, 2.05) is 31.6 Å². The van der Waals surface area contributed by atoms with Gasteiger partial charge in [0.05, 0.1) is 0 Å². The Kier molecular flexibility index (Phi) is 2.86. The molecule has 3 heteroatoms. The van der Waals surface area contributed by atoms with Gasteiger partial charge in [-0.25, -0.2) is 0 Å². The molecule has 0 saturated carbocycles. The average molecular weight is 180 g/mol. The van der Waals surface area contributed by atoms with Crippen LogP contribution in [0, 0.1) is 5.41 Å². The maximum Gasteiger partial charge on any atom is 0.125 e. The lowest BCUT2D eigenvalue weighted by Crippen LogP contribution is -2.14. The number of aryl methyl sites for hydroxylation is 2. The van der Waals surface area contributed by atoms with Crippen LogP contribution in [0.1, 0.15) is 26.0 Å². The summed E-state index contributed by atoms with van der Waals surface area (Å²) in [5.74, 6) is 0. The molecule has 0 fully saturated rings. The zero-order valence-corrected chi connectivity index (χ0v) is 8.45. The van der Waals surface area contributed by atoms with Crippen LogP contribution in [-0.4, -0.2) is 16.1 Å². The summed E-state index contributed by atoms with van der Waals surface area (Å²) in [6.07, 6.45) is 4.57. The summed E-state index contributed by atoms with van der Waals surface area (Å²) in [5, 5.41) is 4.07. The largest absolute Gasteiger partial charge is 0.303 e. The molecule has 0 aliphatic rings. The van der Waals surface area contributed by atoms with Gasteiger partial charge >= 0.3 is 0 Å². The Balaban J connectivity index is 2.53. The monoisotopic (exact) mass is 180 g/mol. The first-order valence-electron chi connectivity index (χ1n) is 4.48. The van der Waals surface area contributed by atoms with Crippen LogP contribution in [0.2, 0.25) is 0 Å². The Labute approximate surface area is 78.8 Å². The molecule has 13 heavy (non-hydrogen) atoms. The van der Waals surface area contributed by atoms with Crippen LogP contribution >= 0.6 is 0 Å². The molecule has 0 atom stereocenters. The van der Waals surface area contributed by atoms with Gasteiger partial charge in [-0.05, 0) is 18.9 Å². The van der Waals surface area contributed by atoms with E-state index < -0.39 is 0 Å². The molecule has 0 unspecified atom stereocenters. The summed E-state index contributed by atoms with van der Waals surface area (Å²) in [5.41, 5.74) is 0.958. The lowest BCUT2D eigenvalue weighted by molar-refractivity contribution is -0.114. The molecular formula is C10H16N2O. The Morgan fingerprint density at radius 2 is 2.31 bits per heavy atom. The van der Waals surface area contributed by atoms with Gasteiger partial charge in [-0.15, -0.1) is 0 Å². The third kappa shape index (κ3) is 2.68. The molecule has 0 radical (unpaired) electrons. The summed E-state index contributed by atoms with van der Waals surface area (Å²) in [6.45, 7) is 3.91. The molecule has 0 bridgehead atoms. The molecule has 0 amide bonds. The molecule has 0 saturated heterocycles. The lowest BCUT2D eigenvalue weighted by Gasteiger charge is -2.15. The first-order chi connectivity index (χ1) is 6.05. The number of carbonyl (C=O) groups is 1. The number of aromatic nitrogens is 2. The molecule has 0 aliphatic carbocycles. The quantitative estimate of drug-likeness (QED) is 0.659. The fourth-order valence-electron chi connectivity index (χ4n) is 1.16. The van der Waals surface area contributed by atoms with Gasteiger partial charge in [-0.3, -0.25) is 4.68 Å². The smallest absolute Gasteiger partial charge is 0.125 e. The normalized spacial score (nSPS) is 11.6. The zero-order chi connectivity index (χ0) is 9.90. The van der Waals surface area contributed by atoms with Crippen LogP contribution in [0.3, 0.4) is 0 Å². The SMILES string of the molecule is Cn1nccc1CCC(C)(C)C=O. The highest BCUT2D eigenvalue weighted by molar-refractivity contribution is 5.57. The van der Waals surface area contributed by atoms with Crippen molar-refractivity contribution < 1.29 is 4.79 Å². The minimum absolute atomic E-state index is 0.218. The topological polar surface area (TPSA) is 34.9 Å². The van der Waals surface area contributed by atoms with Gasteiger partial charge in [0.2, 0.25) is 0 Å². The third-order valence-electron chi connectivity index (χ3n) is 2.27. The predicted octanol–water partition coefficient (Wildman–Crippen LogP) is 1.58. The third-order valence-corrected chi connectivity index (χ3v) is 2.27. The van der Waals surface area contributed by atoms with Gasteiger partial charge < -0.3 is 4.79 Å². The molecule has 3 nitrogen and oxygen atoms in total. The molecule has 1 heterocycles. The van der Waals surface area contributed by atoms with E-state index in [1.165, 1.54) is 5.69 Å². The molecule has 1 rings (SSSR count). The van der Waals surface area contributed by atoms with Gasteiger partial charge in [-0.1, -0.05) is 13.8 Å². The van der Waals surface area contributed by atoms with Crippen LogP contribution in [0.5, 0.6) is 0 Å². The fraction of sp³-hybridized carbons (Fsp3) is 0.600. The van der Waals surface area contributed by atoms with Gasteiger partial charge in [0.15, 0.2) is 0 Å². The number of carbonyl (C=O) groups excluding carboxylic acids is 1. The fourth-order valence-corrected chi connectivity index (χ4v) is 1.16. The standard InChI is InChI=1S/C10H16N2O/c1-10(2,8-13)6-4-9-5-7-11-12(9)3/h5,7-8H,4,6H2,1-3H3. The Morgan fingerprint density at radius 3 is 2.77 bits per heavy atom. The maximum absolute atomic E-state index is 10.6. The van der Waals surface area contributed by atoms with Crippen molar-refractivity contribution in [2.24, 2.45) is 12.5 Å². The first kappa shape index (κ1) is 9.96. The van der Waals surface area contributed by atoms with E-state index in [9.17, 15) is 4.79 Å². The van der Waals surface area contributed by atoms with Crippen LogP contribution in [0.25, 0.3) is 0 Å². The van der Waals surface area contributed by atoms with Crippen molar-refractivity contribution in [3.8, 4) is 0 Å². The summed E-state index contributed by atoms with van der Waals surface area (Å²) in [7, 11) is 1.92. The molecule has 0 aromatic carbocycles. The summed E-state index contributed by atoms with van der Waals surface area (Å²) in [4.78, 5) is 10.6. The van der Waals surface area contributed by atoms with Crippen LogP contribution in [0.15, 0.2) is 12.3 Å². The van der Waals surface area contributed by atoms with Crippen molar-refractivity contribution in [2.45, 2.75) is 26.7 Å². The Bertz CT molecular complexity index is 289. The molecule has 1 aromatic rings. The molecule has 0 spiro atoms. The van der Waals surface area contributed by atoms with Crippen molar-refractivity contribution in [1.29, 1.82) is 0 Å². The van der Waals surface area contributed by atoms with E-state index >= 15 is 0 Å². The van der Waals surface area contributed by atoms with Gasteiger partial charge in [-0.2, -0.15) is 5.10 Å². The van der Waals surface area contributed by atoms with E-state index in [4.69, 9.17) is 0 Å². The van der Waals surface area contributed by atoms with Crippen LogP contribution in [0.4, 0.5) is 0 Å². The van der Waals surface area contributed by atoms with Crippen molar-refractivity contribution in [3.63, 3.8) is 0 Å². The maximum atomic E-state index is 10.6. The Hall–Kier alpha value is -1.12. The molecular weight excluding hydrogens is 164 g/mol. The van der Waals surface area contributed by atoms with E-state index in [2.05, 4.69) is 5.10 Å². The number of aldehydes is 1. The zero-order valence-electron chi connectivity index (χ0n) is 8.45. The van der Waals surface area contributed by atoms with Crippen molar-refractivity contribution in [1.82, 2.24) is 9.78 Å². The minimum Gasteiger partial charge on any atom is -0.303 e. The lowest BCUT2D eigenvalue weighted by atomic mass is 9.89. The summed E-state index contributed by atoms with van der Waals surface area (Å²) >= 11 is 0. The predicted molar refractivity (Wildman–Crippen MR) is 51.4 cm³/mol. The van der Waals surface area contributed by atoms with E-state index in [0.29, 0.717) is 0 Å². The van der Waals surface area contributed by atoms with Gasteiger partial charge in [0, 0.05) is 24.4 Å². The number of nitrogens with zero attached hydrogens (tertiary/aromatic N) is 2. The highest BCUT2D eigenvalue weighted by atomic mass is 16.1. The summed E-state index contributed by atoms with van der Waals surface area (Å²) < 4.78 is 1.85. The molecule has 0 aliphatic heterocycles. The van der Waals surface area contributed by atoms with E-state index in [0.717, 1.165) is 19.1 Å². The van der Waals surface area contributed by atoms with E-state index in [-0.39, 0.29) is 5.41 Å². The molecule has 1 aromatic heterocycles. The second-order valence-electron chi connectivity index (χ2n) is 4.05. The van der Waals surface area contributed by atoms with Crippen molar-refractivity contribution in [2.75, 3.05) is 0 Å². The molecule has 72 valence electrons. The highest BCUT2D eigenvalue weighted by Gasteiger charge is 2.16. The first-order valence-corrected chi connectivity index (χ1v) is 4.48. The van der Waals surface area contributed by atoms with Crippen LogP contribution < -0.4 is 0 Å². The van der Waals surface area contributed by atoms with Crippen LogP contribution in [-0.2, 0) is 18.3 Å². The van der Waals surface area contributed by atoms with Gasteiger partial charge in [0.25, 0.3) is 0 Å². The number of hydrogen-bond donors (Lipinski definition) is 0. The second-order valence-corrected chi connectivity index (χ2v) is 4.05. The number of hydrogen-bond acceptors (Lipinski definition) is 2.